The third-order valence-corrected chi connectivity index (χ3v) is 3.23. The average Bonchev–Trinajstić information content (AvgIpc) is 2.71. The maximum absolute atomic E-state index is 12.5. The molecule has 0 radical (unpaired) electrons. The summed E-state index contributed by atoms with van der Waals surface area (Å²) in [5, 5.41) is 4.57. The van der Waals surface area contributed by atoms with Crippen molar-refractivity contribution in [2.75, 3.05) is 12.4 Å². The van der Waals surface area contributed by atoms with Crippen molar-refractivity contribution in [2.24, 2.45) is 7.05 Å². The normalized spacial score (nSPS) is 10.2. The van der Waals surface area contributed by atoms with Crippen molar-refractivity contribution in [3.8, 4) is 5.69 Å². The van der Waals surface area contributed by atoms with Gasteiger partial charge in [-0.3, -0.25) is 19.1 Å². The van der Waals surface area contributed by atoms with Gasteiger partial charge < -0.3 is 10.6 Å². The molecule has 1 aromatic carbocycles. The highest BCUT2D eigenvalue weighted by molar-refractivity contribution is 6.39. The second-order valence-electron chi connectivity index (χ2n) is 4.47. The van der Waals surface area contributed by atoms with Gasteiger partial charge in [-0.2, -0.15) is 0 Å². The Morgan fingerprint density at radius 1 is 1.10 bits per heavy atom. The van der Waals surface area contributed by atoms with Crippen LogP contribution in [0.25, 0.3) is 5.69 Å². The summed E-state index contributed by atoms with van der Waals surface area (Å²) < 4.78 is 3.05. The molecule has 0 aliphatic rings. The molecule has 0 bridgehead atoms. The standard InChI is InChI=1S/C14H16N4O3/c1-9-11(16-13(20)12(19)15-2)14(21)18(17(9)3)10-7-5-4-6-8-10/h4-8H,1-3H3,(H,15,19)(H,16,20). The molecule has 0 saturated carbocycles. The zero-order valence-corrected chi connectivity index (χ0v) is 12.0. The summed E-state index contributed by atoms with van der Waals surface area (Å²) in [4.78, 5) is 35.3. The fourth-order valence-electron chi connectivity index (χ4n) is 2.00. The van der Waals surface area contributed by atoms with Gasteiger partial charge in [0.25, 0.3) is 5.56 Å². The molecule has 0 unspecified atom stereocenters. The molecule has 2 N–H and O–H groups in total. The first-order valence-electron chi connectivity index (χ1n) is 6.34. The molecule has 2 aromatic rings. The maximum Gasteiger partial charge on any atom is 0.313 e. The maximum atomic E-state index is 12.5. The summed E-state index contributed by atoms with van der Waals surface area (Å²) in [5.74, 6) is -1.67. The van der Waals surface area contributed by atoms with E-state index in [2.05, 4.69) is 10.6 Å². The number of carbonyl (C=O) groups is 2. The topological polar surface area (TPSA) is 85.1 Å². The average molecular weight is 288 g/mol. The van der Waals surface area contributed by atoms with Gasteiger partial charge >= 0.3 is 11.8 Å². The van der Waals surface area contributed by atoms with E-state index in [1.165, 1.54) is 11.7 Å². The molecule has 21 heavy (non-hydrogen) atoms. The zero-order chi connectivity index (χ0) is 15.6. The van der Waals surface area contributed by atoms with E-state index in [4.69, 9.17) is 0 Å². The van der Waals surface area contributed by atoms with Crippen molar-refractivity contribution in [2.45, 2.75) is 6.92 Å². The first kappa shape index (κ1) is 14.6. The Bertz CT molecular complexity index is 744. The van der Waals surface area contributed by atoms with E-state index in [1.807, 2.05) is 18.2 Å². The van der Waals surface area contributed by atoms with Crippen LogP contribution in [-0.2, 0) is 16.6 Å². The molecule has 1 heterocycles. The minimum absolute atomic E-state index is 0.0925. The van der Waals surface area contributed by atoms with Crippen LogP contribution in [0.1, 0.15) is 5.69 Å². The summed E-state index contributed by atoms with van der Waals surface area (Å²) >= 11 is 0. The van der Waals surface area contributed by atoms with Gasteiger partial charge in [-0.15, -0.1) is 0 Å². The number of hydrogen-bond acceptors (Lipinski definition) is 3. The summed E-state index contributed by atoms with van der Waals surface area (Å²) in [6, 6.07) is 9.04. The van der Waals surface area contributed by atoms with E-state index in [9.17, 15) is 14.4 Å². The fourth-order valence-corrected chi connectivity index (χ4v) is 2.00. The Labute approximate surface area is 121 Å². The molecular weight excluding hydrogens is 272 g/mol. The second-order valence-corrected chi connectivity index (χ2v) is 4.47. The van der Waals surface area contributed by atoms with Crippen LogP contribution in [0.4, 0.5) is 5.69 Å². The molecule has 0 aliphatic carbocycles. The smallest absolute Gasteiger partial charge is 0.313 e. The van der Waals surface area contributed by atoms with E-state index in [0.717, 1.165) is 0 Å². The first-order valence-corrected chi connectivity index (χ1v) is 6.34. The molecule has 1 aromatic heterocycles. The molecule has 2 rings (SSSR count). The number of hydrogen-bond donors (Lipinski definition) is 2. The number of nitrogens with one attached hydrogen (secondary N) is 2. The molecule has 0 atom stereocenters. The lowest BCUT2D eigenvalue weighted by Gasteiger charge is -2.07. The van der Waals surface area contributed by atoms with Gasteiger partial charge in [0.2, 0.25) is 0 Å². The van der Waals surface area contributed by atoms with Crippen molar-refractivity contribution in [3.05, 3.63) is 46.4 Å². The number of amides is 2. The van der Waals surface area contributed by atoms with E-state index in [1.54, 1.807) is 30.8 Å². The van der Waals surface area contributed by atoms with Crippen LogP contribution in [0.5, 0.6) is 0 Å². The lowest BCUT2D eigenvalue weighted by molar-refractivity contribution is -0.135. The third kappa shape index (κ3) is 2.58. The summed E-state index contributed by atoms with van der Waals surface area (Å²) in [6.45, 7) is 1.69. The van der Waals surface area contributed by atoms with Crippen molar-refractivity contribution in [1.82, 2.24) is 14.7 Å². The molecular formula is C14H16N4O3. The largest absolute Gasteiger partial charge is 0.351 e. The highest BCUT2D eigenvalue weighted by Crippen LogP contribution is 2.13. The number of benzene rings is 1. The number of aromatic nitrogens is 2. The number of anilines is 1. The fraction of sp³-hybridized carbons (Fsp3) is 0.214. The van der Waals surface area contributed by atoms with Crippen LogP contribution in [0.3, 0.4) is 0 Å². The van der Waals surface area contributed by atoms with Crippen LogP contribution in [0.2, 0.25) is 0 Å². The van der Waals surface area contributed by atoms with Gasteiger partial charge in [-0.05, 0) is 19.1 Å². The first-order chi connectivity index (χ1) is 9.97. The zero-order valence-electron chi connectivity index (χ0n) is 12.0. The van der Waals surface area contributed by atoms with Crippen molar-refractivity contribution in [3.63, 3.8) is 0 Å². The summed E-state index contributed by atoms with van der Waals surface area (Å²) in [6.07, 6.45) is 0. The van der Waals surface area contributed by atoms with Gasteiger partial charge in [-0.1, -0.05) is 18.2 Å². The lowest BCUT2D eigenvalue weighted by atomic mass is 10.3. The summed E-state index contributed by atoms with van der Waals surface area (Å²) in [7, 11) is 3.06. The Kier molecular flexibility index (Phi) is 3.93. The Morgan fingerprint density at radius 3 is 2.29 bits per heavy atom. The highest BCUT2D eigenvalue weighted by Gasteiger charge is 2.20. The number of rotatable bonds is 2. The molecule has 0 spiro atoms. The van der Waals surface area contributed by atoms with Crippen molar-refractivity contribution >= 4 is 17.5 Å². The van der Waals surface area contributed by atoms with Gasteiger partial charge in [-0.25, -0.2) is 4.68 Å². The molecule has 7 nitrogen and oxygen atoms in total. The molecule has 0 saturated heterocycles. The molecule has 2 amide bonds. The minimum Gasteiger partial charge on any atom is -0.351 e. The van der Waals surface area contributed by atoms with E-state index < -0.39 is 17.4 Å². The van der Waals surface area contributed by atoms with Crippen LogP contribution in [0, 0.1) is 6.92 Å². The minimum atomic E-state index is -0.872. The number of carbonyl (C=O) groups excluding carboxylic acids is 2. The summed E-state index contributed by atoms with van der Waals surface area (Å²) in [5.41, 5.74) is 0.933. The van der Waals surface area contributed by atoms with Gasteiger partial charge in [0.05, 0.1) is 11.4 Å². The molecule has 7 heteroatoms. The molecule has 0 fully saturated rings. The Balaban J connectivity index is 2.49. The second kappa shape index (κ2) is 5.66. The SMILES string of the molecule is CNC(=O)C(=O)Nc1c(C)n(C)n(-c2ccccc2)c1=O. The van der Waals surface area contributed by atoms with E-state index in [0.29, 0.717) is 11.4 Å². The van der Waals surface area contributed by atoms with Crippen LogP contribution < -0.4 is 16.2 Å². The number of nitrogens with zero attached hydrogens (tertiary/aromatic N) is 2. The van der Waals surface area contributed by atoms with Crippen LogP contribution >= 0.6 is 0 Å². The third-order valence-electron chi connectivity index (χ3n) is 3.23. The Morgan fingerprint density at radius 2 is 1.71 bits per heavy atom. The Hall–Kier alpha value is -2.83. The number of para-hydroxylation sites is 1. The van der Waals surface area contributed by atoms with Gasteiger partial charge in [0, 0.05) is 14.1 Å². The van der Waals surface area contributed by atoms with E-state index >= 15 is 0 Å². The predicted octanol–water partition coefficient (Wildman–Crippen LogP) is 0.169. The van der Waals surface area contributed by atoms with Gasteiger partial charge in [0.15, 0.2) is 0 Å². The highest BCUT2D eigenvalue weighted by atomic mass is 16.2. The molecule has 110 valence electrons. The van der Waals surface area contributed by atoms with Gasteiger partial charge in [0.1, 0.15) is 5.69 Å². The van der Waals surface area contributed by atoms with E-state index in [-0.39, 0.29) is 5.69 Å². The van der Waals surface area contributed by atoms with Crippen molar-refractivity contribution in [1.29, 1.82) is 0 Å². The quantitative estimate of drug-likeness (QED) is 0.772. The van der Waals surface area contributed by atoms with Crippen molar-refractivity contribution < 1.29 is 9.59 Å². The van der Waals surface area contributed by atoms with Crippen LogP contribution in [0.15, 0.2) is 35.1 Å². The number of likely N-dealkylation sites (N-methyl/N-ethyl adjacent to an activating group) is 1. The molecule has 0 aliphatic heterocycles. The lowest BCUT2D eigenvalue weighted by Crippen LogP contribution is -2.34. The van der Waals surface area contributed by atoms with Crippen LogP contribution in [-0.4, -0.2) is 28.2 Å². The predicted molar refractivity (Wildman–Crippen MR) is 78.4 cm³/mol. The monoisotopic (exact) mass is 288 g/mol.